The Morgan fingerprint density at radius 2 is 1.51 bits per heavy atom. The lowest BCUT2D eigenvalue weighted by molar-refractivity contribution is -0.139. The van der Waals surface area contributed by atoms with E-state index in [1.54, 1.807) is 20.8 Å². The summed E-state index contributed by atoms with van der Waals surface area (Å²) < 4.78 is 27.3. The minimum atomic E-state index is -1.41. The zero-order chi connectivity index (χ0) is 30.3. The van der Waals surface area contributed by atoms with E-state index in [2.05, 4.69) is 10.6 Å². The molecule has 13 heteroatoms. The van der Waals surface area contributed by atoms with Gasteiger partial charge in [0.2, 0.25) is 0 Å². The van der Waals surface area contributed by atoms with Gasteiger partial charge in [0.15, 0.2) is 0 Å². The molecule has 2 aromatic carbocycles. The molecule has 0 radical (unpaired) electrons. The second-order valence-corrected chi connectivity index (χ2v) is 9.77. The van der Waals surface area contributed by atoms with Crippen molar-refractivity contribution in [2.45, 2.75) is 39.0 Å². The lowest BCUT2D eigenvalue weighted by atomic mass is 10.1. The maximum absolute atomic E-state index is 12.8. The first-order chi connectivity index (χ1) is 19.5. The van der Waals surface area contributed by atoms with Gasteiger partial charge < -0.3 is 50.9 Å². The maximum atomic E-state index is 12.8. The summed E-state index contributed by atoms with van der Waals surface area (Å²) >= 11 is 0. The average Bonchev–Trinajstić information content (AvgIpc) is 2.91. The maximum Gasteiger partial charge on any atom is 0.407 e. The number of carboxylic acids is 1. The fourth-order valence-corrected chi connectivity index (χ4v) is 3.25. The molecule has 0 fully saturated rings. The topological polar surface area (TPSA) is 194 Å². The van der Waals surface area contributed by atoms with Crippen LogP contribution in [-0.4, -0.2) is 80.9 Å². The van der Waals surface area contributed by atoms with Crippen molar-refractivity contribution in [2.24, 2.45) is 5.73 Å². The van der Waals surface area contributed by atoms with Crippen LogP contribution in [0.5, 0.6) is 11.5 Å². The summed E-state index contributed by atoms with van der Waals surface area (Å²) in [6, 6.07) is 10.5. The smallest absolute Gasteiger partial charge is 0.407 e. The van der Waals surface area contributed by atoms with Crippen molar-refractivity contribution in [1.82, 2.24) is 10.6 Å². The van der Waals surface area contributed by atoms with Gasteiger partial charge in [-0.3, -0.25) is 4.79 Å². The number of nitrogens with one attached hydrogen (secondary N) is 2. The molecular formula is C28H40N4O9. The number of alkyl carbamates (subject to hydrolysis) is 1. The molecule has 2 amide bonds. The van der Waals surface area contributed by atoms with Gasteiger partial charge in [0.1, 0.15) is 36.4 Å². The molecule has 0 aliphatic carbocycles. The van der Waals surface area contributed by atoms with Crippen LogP contribution in [0.1, 0.15) is 36.7 Å². The van der Waals surface area contributed by atoms with Crippen molar-refractivity contribution in [2.75, 3.05) is 51.9 Å². The Morgan fingerprint density at radius 1 is 0.902 bits per heavy atom. The van der Waals surface area contributed by atoms with Crippen LogP contribution >= 0.6 is 0 Å². The van der Waals surface area contributed by atoms with Crippen LogP contribution in [0.3, 0.4) is 0 Å². The summed E-state index contributed by atoms with van der Waals surface area (Å²) in [6.45, 7) is 6.90. The van der Waals surface area contributed by atoms with Crippen molar-refractivity contribution in [3.05, 3.63) is 53.6 Å². The quantitative estimate of drug-likeness (QED) is 0.136. The van der Waals surface area contributed by atoms with E-state index in [4.69, 9.17) is 35.2 Å². The zero-order valence-corrected chi connectivity index (χ0v) is 23.6. The number of carbonyl (C=O) groups excluding carboxylic acids is 2. The summed E-state index contributed by atoms with van der Waals surface area (Å²) in [5.74, 6) is -1.16. The molecule has 0 aromatic heterocycles. The molecule has 13 nitrogen and oxygen atoms in total. The standard InChI is InChI=1S/C28H40N4O9/c1-28(2,3)41-27(36)31-18-23(26(34)35)32-25(33)22-9-6-20(30)16-24(22)40-15-13-38-11-10-37-12-14-39-21-7-4-19(17-29)5-8-21/h4-9,16,23H,10-15,17-18,29-30H2,1-3H3,(H,31,36)(H,32,33)(H,34,35)/t23-/m0/s1. The number of nitrogens with two attached hydrogens (primary N) is 2. The molecule has 0 heterocycles. The molecule has 2 rings (SSSR count). The van der Waals surface area contributed by atoms with Crippen LogP contribution in [0.4, 0.5) is 10.5 Å². The predicted octanol–water partition coefficient (Wildman–Crippen LogP) is 1.93. The summed E-state index contributed by atoms with van der Waals surface area (Å²) in [4.78, 5) is 36.4. The molecular weight excluding hydrogens is 536 g/mol. The summed E-state index contributed by atoms with van der Waals surface area (Å²) in [5, 5.41) is 14.2. The second-order valence-electron chi connectivity index (χ2n) is 9.77. The normalized spacial score (nSPS) is 11.8. The Morgan fingerprint density at radius 3 is 2.10 bits per heavy atom. The highest BCUT2D eigenvalue weighted by molar-refractivity contribution is 5.99. The van der Waals surface area contributed by atoms with Gasteiger partial charge in [0, 0.05) is 18.3 Å². The van der Waals surface area contributed by atoms with Gasteiger partial charge in [-0.05, 0) is 50.6 Å². The SMILES string of the molecule is CC(C)(C)OC(=O)NC[C@H](NC(=O)c1ccc(N)cc1OCCOCCOCCOc1ccc(CN)cc1)C(=O)O. The highest BCUT2D eigenvalue weighted by Gasteiger charge is 2.25. The average molecular weight is 577 g/mol. The van der Waals surface area contributed by atoms with Crippen LogP contribution in [0.2, 0.25) is 0 Å². The zero-order valence-electron chi connectivity index (χ0n) is 23.6. The largest absolute Gasteiger partial charge is 0.491 e. The molecule has 0 saturated carbocycles. The van der Waals surface area contributed by atoms with Crippen molar-refractivity contribution in [3.63, 3.8) is 0 Å². The Labute approximate surface area is 239 Å². The Bertz CT molecular complexity index is 1120. The number of benzene rings is 2. The van der Waals surface area contributed by atoms with E-state index in [-0.39, 0.29) is 31.1 Å². The van der Waals surface area contributed by atoms with Gasteiger partial charge in [-0.2, -0.15) is 0 Å². The molecule has 7 N–H and O–H groups in total. The number of ether oxygens (including phenoxy) is 5. The van der Waals surface area contributed by atoms with Gasteiger partial charge in [0.05, 0.1) is 38.5 Å². The molecule has 0 aliphatic heterocycles. The van der Waals surface area contributed by atoms with Crippen LogP contribution in [0.15, 0.2) is 42.5 Å². The third-order valence-corrected chi connectivity index (χ3v) is 5.22. The number of carbonyl (C=O) groups is 3. The minimum Gasteiger partial charge on any atom is -0.491 e. The van der Waals surface area contributed by atoms with E-state index >= 15 is 0 Å². The molecule has 0 spiro atoms. The first-order valence-electron chi connectivity index (χ1n) is 13.1. The van der Waals surface area contributed by atoms with Crippen LogP contribution < -0.4 is 31.6 Å². The first-order valence-corrected chi connectivity index (χ1v) is 13.1. The molecule has 0 aliphatic rings. The van der Waals surface area contributed by atoms with E-state index in [0.717, 1.165) is 11.3 Å². The third-order valence-electron chi connectivity index (χ3n) is 5.22. The molecule has 1 atom stereocenters. The summed E-state index contributed by atoms with van der Waals surface area (Å²) in [7, 11) is 0. The number of anilines is 1. The van der Waals surface area contributed by atoms with Crippen molar-refractivity contribution >= 4 is 23.7 Å². The van der Waals surface area contributed by atoms with Gasteiger partial charge in [-0.1, -0.05) is 12.1 Å². The monoisotopic (exact) mass is 576 g/mol. The fourth-order valence-electron chi connectivity index (χ4n) is 3.25. The number of nitrogen functional groups attached to an aromatic ring is 1. The Hall–Kier alpha value is -4.07. The highest BCUT2D eigenvalue weighted by atomic mass is 16.6. The van der Waals surface area contributed by atoms with Gasteiger partial charge >= 0.3 is 12.1 Å². The molecule has 0 unspecified atom stereocenters. The number of amides is 2. The summed E-state index contributed by atoms with van der Waals surface area (Å²) in [5.41, 5.74) is 12.1. The number of hydrogen-bond acceptors (Lipinski definition) is 10. The van der Waals surface area contributed by atoms with Crippen LogP contribution in [-0.2, 0) is 25.5 Å². The lowest BCUT2D eigenvalue weighted by Gasteiger charge is -2.21. The molecule has 226 valence electrons. The van der Waals surface area contributed by atoms with Gasteiger partial charge in [-0.15, -0.1) is 0 Å². The van der Waals surface area contributed by atoms with Crippen LogP contribution in [0, 0.1) is 0 Å². The van der Waals surface area contributed by atoms with E-state index in [9.17, 15) is 19.5 Å². The van der Waals surface area contributed by atoms with Crippen molar-refractivity contribution in [3.8, 4) is 11.5 Å². The predicted molar refractivity (Wildman–Crippen MR) is 151 cm³/mol. The van der Waals surface area contributed by atoms with E-state index < -0.39 is 29.6 Å². The molecule has 41 heavy (non-hydrogen) atoms. The number of carboxylic acid groups (broad SMARTS) is 1. The second kappa shape index (κ2) is 16.9. The molecule has 0 saturated heterocycles. The van der Waals surface area contributed by atoms with E-state index in [1.807, 2.05) is 24.3 Å². The van der Waals surface area contributed by atoms with Crippen molar-refractivity contribution < 1.29 is 43.2 Å². The number of aliphatic carboxylic acids is 1. The van der Waals surface area contributed by atoms with Crippen LogP contribution in [0.25, 0.3) is 0 Å². The molecule has 2 aromatic rings. The number of rotatable bonds is 17. The van der Waals surface area contributed by atoms with E-state index in [0.29, 0.717) is 38.7 Å². The fraction of sp³-hybridized carbons (Fsp3) is 0.464. The molecule has 0 bridgehead atoms. The number of hydrogen-bond donors (Lipinski definition) is 5. The first kappa shape index (κ1) is 33.1. The highest BCUT2D eigenvalue weighted by Crippen LogP contribution is 2.22. The minimum absolute atomic E-state index is 0.0729. The van der Waals surface area contributed by atoms with E-state index in [1.165, 1.54) is 18.2 Å². The Kier molecular flexibility index (Phi) is 13.7. The Balaban J connectivity index is 1.72. The third kappa shape index (κ3) is 13.2. The lowest BCUT2D eigenvalue weighted by Crippen LogP contribution is -2.49. The van der Waals surface area contributed by atoms with Gasteiger partial charge in [0.25, 0.3) is 5.91 Å². The van der Waals surface area contributed by atoms with Crippen molar-refractivity contribution in [1.29, 1.82) is 0 Å². The summed E-state index contributed by atoms with van der Waals surface area (Å²) in [6.07, 6.45) is -0.804. The van der Waals surface area contributed by atoms with Gasteiger partial charge in [-0.25, -0.2) is 9.59 Å².